The van der Waals surface area contributed by atoms with Crippen LogP contribution in [0.25, 0.3) is 0 Å². The number of hydrogen-bond donors (Lipinski definition) is 1. The topological polar surface area (TPSA) is 92.9 Å². The van der Waals surface area contributed by atoms with Crippen LogP contribution in [0.1, 0.15) is 26.3 Å². The van der Waals surface area contributed by atoms with E-state index in [-0.39, 0.29) is 24.6 Å². The van der Waals surface area contributed by atoms with E-state index in [0.717, 1.165) is 9.87 Å². The smallest absolute Gasteiger partial charge is 0.424 e. The minimum absolute atomic E-state index is 0.00471. The van der Waals surface area contributed by atoms with Crippen LogP contribution in [-0.2, 0) is 21.6 Å². The van der Waals surface area contributed by atoms with Crippen LogP contribution in [0.15, 0.2) is 30.3 Å². The van der Waals surface area contributed by atoms with Crippen molar-refractivity contribution in [3.63, 3.8) is 0 Å². The molecular formula is C16H27N3O4S. The lowest BCUT2D eigenvalue weighted by Gasteiger charge is -2.32. The highest BCUT2D eigenvalue weighted by Crippen LogP contribution is 2.19. The maximum atomic E-state index is 12.4. The molecule has 0 aliphatic rings. The summed E-state index contributed by atoms with van der Waals surface area (Å²) in [6.45, 7) is 5.88. The highest BCUT2D eigenvalue weighted by Gasteiger charge is 2.32. The average Bonchev–Trinajstić information content (AvgIpc) is 2.51. The minimum Gasteiger partial charge on any atom is -0.444 e. The maximum absolute atomic E-state index is 12.4. The van der Waals surface area contributed by atoms with Gasteiger partial charge in [-0.2, -0.15) is 17.0 Å². The SMILES string of the molecule is CN(C[C@@H](N)C(C)(C)C)S(=O)(=O)N(C)C(=O)OCc1ccccc1. The number of carbonyl (C=O) groups excluding carboxylic acids is 1. The van der Waals surface area contributed by atoms with E-state index in [1.54, 1.807) is 12.1 Å². The van der Waals surface area contributed by atoms with Crippen molar-refractivity contribution in [3.8, 4) is 0 Å². The van der Waals surface area contributed by atoms with Crippen molar-refractivity contribution in [2.45, 2.75) is 33.4 Å². The summed E-state index contributed by atoms with van der Waals surface area (Å²) >= 11 is 0. The summed E-state index contributed by atoms with van der Waals surface area (Å²) in [6, 6.07) is 8.67. The molecule has 0 spiro atoms. The highest BCUT2D eigenvalue weighted by atomic mass is 32.2. The zero-order valence-corrected chi connectivity index (χ0v) is 15.7. The van der Waals surface area contributed by atoms with Gasteiger partial charge in [0, 0.05) is 26.7 Å². The third kappa shape index (κ3) is 5.47. The molecule has 0 aliphatic carbocycles. The molecular weight excluding hydrogens is 330 g/mol. The fourth-order valence-corrected chi connectivity index (χ4v) is 2.77. The molecule has 7 nitrogen and oxygen atoms in total. The molecule has 0 unspecified atom stereocenters. The quantitative estimate of drug-likeness (QED) is 0.838. The van der Waals surface area contributed by atoms with Gasteiger partial charge < -0.3 is 10.5 Å². The average molecular weight is 357 g/mol. The van der Waals surface area contributed by atoms with Crippen molar-refractivity contribution in [1.29, 1.82) is 0 Å². The van der Waals surface area contributed by atoms with Crippen LogP contribution < -0.4 is 5.73 Å². The molecule has 136 valence electrons. The zero-order valence-electron chi connectivity index (χ0n) is 14.9. The van der Waals surface area contributed by atoms with Crippen molar-refractivity contribution >= 4 is 16.3 Å². The molecule has 0 aromatic heterocycles. The normalized spacial score (nSPS) is 13.6. The van der Waals surface area contributed by atoms with Crippen LogP contribution in [0.3, 0.4) is 0 Å². The lowest BCUT2D eigenvalue weighted by atomic mass is 9.87. The number of rotatable bonds is 6. The molecule has 1 amide bonds. The molecule has 0 bridgehead atoms. The Labute approximate surface area is 144 Å². The summed E-state index contributed by atoms with van der Waals surface area (Å²) in [7, 11) is -1.43. The first-order valence-electron chi connectivity index (χ1n) is 7.62. The zero-order chi connectivity index (χ0) is 18.5. The molecule has 1 aromatic carbocycles. The van der Waals surface area contributed by atoms with Crippen molar-refractivity contribution in [2.24, 2.45) is 11.1 Å². The molecule has 2 N–H and O–H groups in total. The predicted molar refractivity (Wildman–Crippen MR) is 93.4 cm³/mol. The Bertz CT molecular complexity index is 641. The summed E-state index contributed by atoms with van der Waals surface area (Å²) in [4.78, 5) is 12.0. The first kappa shape index (κ1) is 20.4. The Kier molecular flexibility index (Phi) is 6.76. The lowest BCUT2D eigenvalue weighted by Crippen LogP contribution is -2.50. The number of hydrogen-bond acceptors (Lipinski definition) is 5. The van der Waals surface area contributed by atoms with Crippen molar-refractivity contribution in [2.75, 3.05) is 20.6 Å². The largest absolute Gasteiger partial charge is 0.444 e. The van der Waals surface area contributed by atoms with Crippen LogP contribution in [0.2, 0.25) is 0 Å². The molecule has 1 atom stereocenters. The third-order valence-corrected chi connectivity index (χ3v) is 5.55. The predicted octanol–water partition coefficient (Wildman–Crippen LogP) is 1.80. The van der Waals surface area contributed by atoms with Crippen LogP contribution in [0.4, 0.5) is 4.79 Å². The number of benzene rings is 1. The molecule has 1 rings (SSSR count). The molecule has 0 heterocycles. The van der Waals surface area contributed by atoms with Crippen molar-refractivity contribution in [1.82, 2.24) is 8.61 Å². The summed E-state index contributed by atoms with van der Waals surface area (Å²) in [6.07, 6.45) is -0.935. The van der Waals surface area contributed by atoms with Gasteiger partial charge >= 0.3 is 16.3 Å². The number of carbonyl (C=O) groups is 1. The van der Waals surface area contributed by atoms with E-state index in [4.69, 9.17) is 10.5 Å². The first-order chi connectivity index (χ1) is 11.0. The number of likely N-dealkylation sites (N-methyl/N-ethyl adjacent to an activating group) is 1. The van der Waals surface area contributed by atoms with Crippen molar-refractivity contribution < 1.29 is 17.9 Å². The fourth-order valence-electron chi connectivity index (χ4n) is 1.76. The van der Waals surface area contributed by atoms with Gasteiger partial charge in [-0.15, -0.1) is 0 Å². The van der Waals surface area contributed by atoms with E-state index in [9.17, 15) is 13.2 Å². The van der Waals surface area contributed by atoms with Crippen LogP contribution in [0, 0.1) is 5.41 Å². The molecule has 0 aliphatic heterocycles. The Balaban J connectivity index is 2.69. The van der Waals surface area contributed by atoms with Gasteiger partial charge in [0.25, 0.3) is 0 Å². The van der Waals surface area contributed by atoms with E-state index in [0.29, 0.717) is 4.31 Å². The summed E-state index contributed by atoms with van der Waals surface area (Å²) in [5, 5.41) is 0. The fraction of sp³-hybridized carbons (Fsp3) is 0.562. The van der Waals surface area contributed by atoms with E-state index < -0.39 is 16.3 Å². The van der Waals surface area contributed by atoms with E-state index in [1.165, 1.54) is 14.1 Å². The second kappa shape index (κ2) is 7.96. The van der Waals surface area contributed by atoms with Gasteiger partial charge in [-0.25, -0.2) is 4.79 Å². The molecule has 0 saturated heterocycles. The van der Waals surface area contributed by atoms with Gasteiger partial charge in [0.15, 0.2) is 0 Å². The van der Waals surface area contributed by atoms with Gasteiger partial charge in [0.05, 0.1) is 0 Å². The summed E-state index contributed by atoms with van der Waals surface area (Å²) in [5.41, 5.74) is 6.54. The second-order valence-corrected chi connectivity index (χ2v) is 8.84. The van der Waals surface area contributed by atoms with E-state index >= 15 is 0 Å². The van der Waals surface area contributed by atoms with Crippen molar-refractivity contribution in [3.05, 3.63) is 35.9 Å². The molecule has 0 radical (unpaired) electrons. The molecule has 1 aromatic rings. The van der Waals surface area contributed by atoms with Gasteiger partial charge in [-0.05, 0) is 11.0 Å². The standard InChI is InChI=1S/C16H27N3O4S/c1-16(2,3)14(17)11-18(4)24(21,22)19(5)15(20)23-12-13-9-7-6-8-10-13/h6-10,14H,11-12,17H2,1-5H3/t14-/m1/s1. The second-order valence-electron chi connectivity index (χ2n) is 6.77. The first-order valence-corrected chi connectivity index (χ1v) is 9.02. The van der Waals surface area contributed by atoms with Crippen LogP contribution in [-0.4, -0.2) is 49.8 Å². The molecule has 24 heavy (non-hydrogen) atoms. The van der Waals surface area contributed by atoms with Gasteiger partial charge in [-0.1, -0.05) is 51.1 Å². The Morgan fingerprint density at radius 3 is 2.25 bits per heavy atom. The summed E-state index contributed by atoms with van der Waals surface area (Å²) < 4.78 is 31.6. The number of amides is 1. The Morgan fingerprint density at radius 1 is 1.21 bits per heavy atom. The third-order valence-electron chi connectivity index (χ3n) is 3.77. The Hall–Kier alpha value is -1.64. The van der Waals surface area contributed by atoms with Gasteiger partial charge in [0.1, 0.15) is 6.61 Å². The monoisotopic (exact) mass is 357 g/mol. The van der Waals surface area contributed by atoms with E-state index in [2.05, 4.69) is 0 Å². The minimum atomic E-state index is -3.99. The van der Waals surface area contributed by atoms with Gasteiger partial charge in [-0.3, -0.25) is 0 Å². The molecule has 0 fully saturated rings. The highest BCUT2D eigenvalue weighted by molar-refractivity contribution is 7.87. The molecule has 8 heteroatoms. The number of nitrogens with two attached hydrogens (primary N) is 1. The summed E-state index contributed by atoms with van der Waals surface area (Å²) in [5.74, 6) is 0. The Morgan fingerprint density at radius 2 is 1.75 bits per heavy atom. The van der Waals surface area contributed by atoms with Gasteiger partial charge in [0.2, 0.25) is 0 Å². The van der Waals surface area contributed by atoms with E-state index in [1.807, 2.05) is 39.0 Å². The van der Waals surface area contributed by atoms with Crippen LogP contribution in [0.5, 0.6) is 0 Å². The number of nitrogens with zero attached hydrogens (tertiary/aromatic N) is 2. The van der Waals surface area contributed by atoms with Crippen LogP contribution >= 0.6 is 0 Å². The number of ether oxygens (including phenoxy) is 1. The maximum Gasteiger partial charge on any atom is 0.424 e. The molecule has 0 saturated carbocycles. The lowest BCUT2D eigenvalue weighted by molar-refractivity contribution is 0.122.